The molecular weight excluding hydrogens is 210 g/mol. The molecule has 1 N–H and O–H groups in total. The molecule has 0 spiro atoms. The van der Waals surface area contributed by atoms with Crippen molar-refractivity contribution in [2.24, 2.45) is 0 Å². The summed E-state index contributed by atoms with van der Waals surface area (Å²) in [5.74, 6) is -0.974. The van der Waals surface area contributed by atoms with Crippen LogP contribution >= 0.6 is 11.3 Å². The van der Waals surface area contributed by atoms with Crippen LogP contribution in [0.25, 0.3) is 0 Å². The van der Waals surface area contributed by atoms with E-state index in [4.69, 9.17) is 0 Å². The Morgan fingerprint density at radius 1 is 1.62 bits per heavy atom. The van der Waals surface area contributed by atoms with E-state index in [0.717, 1.165) is 11.3 Å². The third kappa shape index (κ3) is 2.53. The molecule has 13 heavy (non-hydrogen) atoms. The van der Waals surface area contributed by atoms with Gasteiger partial charge in [0.1, 0.15) is 9.96 Å². The fourth-order valence-corrected chi connectivity index (χ4v) is 3.05. The first-order valence-electron chi connectivity index (χ1n) is 3.53. The van der Waals surface area contributed by atoms with Gasteiger partial charge in [0.15, 0.2) is 9.84 Å². The summed E-state index contributed by atoms with van der Waals surface area (Å²) < 4.78 is 23.1. The Bertz CT molecular complexity index is 380. The molecule has 6 heteroatoms. The van der Waals surface area contributed by atoms with Crippen LogP contribution in [0.15, 0.2) is 21.7 Å². The third-order valence-electron chi connectivity index (χ3n) is 1.40. The topological polar surface area (TPSA) is 63.2 Å². The molecule has 1 amide bonds. The lowest BCUT2D eigenvalue weighted by Gasteiger charge is -1.99. The van der Waals surface area contributed by atoms with Gasteiger partial charge in [-0.05, 0) is 11.4 Å². The molecule has 0 saturated heterocycles. The predicted molar refractivity (Wildman–Crippen MR) is 50.4 cm³/mol. The smallest absolute Gasteiger partial charge is 0.235 e. The second-order valence-corrected chi connectivity index (χ2v) is 5.53. The average molecular weight is 219 g/mol. The zero-order valence-electron chi connectivity index (χ0n) is 6.98. The summed E-state index contributed by atoms with van der Waals surface area (Å²) in [4.78, 5) is 10.8. The maximum absolute atomic E-state index is 11.4. The SMILES string of the molecule is CNC(=O)CS(=O)(=O)c1cccs1. The highest BCUT2D eigenvalue weighted by Crippen LogP contribution is 2.16. The second kappa shape index (κ2) is 3.89. The number of carbonyl (C=O) groups is 1. The molecule has 0 aliphatic rings. The van der Waals surface area contributed by atoms with Crippen molar-refractivity contribution in [1.29, 1.82) is 0 Å². The summed E-state index contributed by atoms with van der Waals surface area (Å²) in [7, 11) is -2.01. The molecule has 1 aromatic heterocycles. The van der Waals surface area contributed by atoms with Crippen molar-refractivity contribution >= 4 is 27.1 Å². The minimum absolute atomic E-state index is 0.233. The van der Waals surface area contributed by atoms with Gasteiger partial charge in [-0.25, -0.2) is 8.42 Å². The molecule has 1 rings (SSSR count). The van der Waals surface area contributed by atoms with Crippen molar-refractivity contribution in [2.45, 2.75) is 4.21 Å². The molecule has 0 fully saturated rings. The van der Waals surface area contributed by atoms with E-state index in [1.54, 1.807) is 11.4 Å². The molecule has 1 aromatic rings. The van der Waals surface area contributed by atoms with Crippen LogP contribution in [-0.2, 0) is 14.6 Å². The van der Waals surface area contributed by atoms with Gasteiger partial charge in [0.05, 0.1) is 0 Å². The molecule has 0 aromatic carbocycles. The third-order valence-corrected chi connectivity index (χ3v) is 4.50. The molecule has 0 aliphatic carbocycles. The summed E-state index contributed by atoms with van der Waals surface area (Å²) in [6.45, 7) is 0. The summed E-state index contributed by atoms with van der Waals surface area (Å²) in [6.07, 6.45) is 0. The lowest BCUT2D eigenvalue weighted by Crippen LogP contribution is -2.26. The van der Waals surface area contributed by atoms with Crippen LogP contribution < -0.4 is 5.32 Å². The van der Waals surface area contributed by atoms with Crippen molar-refractivity contribution in [3.63, 3.8) is 0 Å². The molecule has 1 heterocycles. The van der Waals surface area contributed by atoms with Gasteiger partial charge in [-0.15, -0.1) is 11.3 Å². The van der Waals surface area contributed by atoms with Gasteiger partial charge >= 0.3 is 0 Å². The summed E-state index contributed by atoms with van der Waals surface area (Å²) >= 11 is 1.11. The van der Waals surface area contributed by atoms with E-state index in [-0.39, 0.29) is 4.21 Å². The van der Waals surface area contributed by atoms with Gasteiger partial charge in [-0.3, -0.25) is 4.79 Å². The maximum Gasteiger partial charge on any atom is 0.235 e. The fraction of sp³-hybridized carbons (Fsp3) is 0.286. The van der Waals surface area contributed by atoms with E-state index >= 15 is 0 Å². The monoisotopic (exact) mass is 219 g/mol. The summed E-state index contributed by atoms with van der Waals surface area (Å²) in [5, 5.41) is 3.93. The lowest BCUT2D eigenvalue weighted by molar-refractivity contribution is -0.118. The van der Waals surface area contributed by atoms with Gasteiger partial charge in [-0.2, -0.15) is 0 Å². The largest absolute Gasteiger partial charge is 0.358 e. The van der Waals surface area contributed by atoms with Crippen molar-refractivity contribution < 1.29 is 13.2 Å². The Kier molecular flexibility index (Phi) is 3.05. The Hall–Kier alpha value is -0.880. The van der Waals surface area contributed by atoms with Gasteiger partial charge in [0.25, 0.3) is 0 Å². The molecule has 0 unspecified atom stereocenters. The Balaban J connectivity index is 2.86. The van der Waals surface area contributed by atoms with Gasteiger partial charge in [0, 0.05) is 7.05 Å². The number of hydrogen-bond acceptors (Lipinski definition) is 4. The number of rotatable bonds is 3. The van der Waals surface area contributed by atoms with Crippen LogP contribution in [0.4, 0.5) is 0 Å². The zero-order chi connectivity index (χ0) is 9.90. The highest BCUT2D eigenvalue weighted by Gasteiger charge is 2.18. The highest BCUT2D eigenvalue weighted by molar-refractivity contribution is 7.94. The fourth-order valence-electron chi connectivity index (χ4n) is 0.756. The minimum atomic E-state index is -3.42. The first-order valence-corrected chi connectivity index (χ1v) is 6.06. The molecular formula is C7H9NO3S2. The molecule has 0 aliphatic heterocycles. The highest BCUT2D eigenvalue weighted by atomic mass is 32.2. The van der Waals surface area contributed by atoms with Crippen LogP contribution in [0, 0.1) is 0 Å². The van der Waals surface area contributed by atoms with Gasteiger partial charge < -0.3 is 5.32 Å². The van der Waals surface area contributed by atoms with E-state index in [9.17, 15) is 13.2 Å². The van der Waals surface area contributed by atoms with E-state index in [0.29, 0.717) is 0 Å². The minimum Gasteiger partial charge on any atom is -0.358 e. The zero-order valence-corrected chi connectivity index (χ0v) is 8.61. The van der Waals surface area contributed by atoms with Crippen molar-refractivity contribution in [2.75, 3.05) is 12.8 Å². The second-order valence-electron chi connectivity index (χ2n) is 2.36. The normalized spacial score (nSPS) is 11.2. The number of nitrogens with one attached hydrogen (secondary N) is 1. The molecule has 72 valence electrons. The van der Waals surface area contributed by atoms with Crippen LogP contribution in [-0.4, -0.2) is 27.1 Å². The number of sulfone groups is 1. The van der Waals surface area contributed by atoms with E-state index in [1.165, 1.54) is 13.1 Å². The van der Waals surface area contributed by atoms with Crippen LogP contribution in [0.2, 0.25) is 0 Å². The Morgan fingerprint density at radius 2 is 2.31 bits per heavy atom. The standard InChI is InChI=1S/C7H9NO3S2/c1-8-6(9)5-13(10,11)7-3-2-4-12-7/h2-4H,5H2,1H3,(H,8,9). The molecule has 4 nitrogen and oxygen atoms in total. The summed E-state index contributed by atoms with van der Waals surface area (Å²) in [5.41, 5.74) is 0. The van der Waals surface area contributed by atoms with Crippen molar-refractivity contribution in [3.05, 3.63) is 17.5 Å². The number of amides is 1. The van der Waals surface area contributed by atoms with Crippen LogP contribution in [0.1, 0.15) is 0 Å². The first-order chi connectivity index (χ1) is 6.06. The number of thiophene rings is 1. The molecule has 0 bridgehead atoms. The summed E-state index contributed by atoms with van der Waals surface area (Å²) in [6, 6.07) is 3.13. The Labute approximate surface area is 80.5 Å². The molecule has 0 saturated carbocycles. The van der Waals surface area contributed by atoms with E-state index in [1.807, 2.05) is 0 Å². The number of hydrogen-bond donors (Lipinski definition) is 1. The molecule has 0 atom stereocenters. The van der Waals surface area contributed by atoms with Gasteiger partial charge in [0.2, 0.25) is 5.91 Å². The van der Waals surface area contributed by atoms with E-state index < -0.39 is 21.5 Å². The maximum atomic E-state index is 11.4. The average Bonchev–Trinajstić information content (AvgIpc) is 2.55. The van der Waals surface area contributed by atoms with Crippen molar-refractivity contribution in [3.8, 4) is 0 Å². The quantitative estimate of drug-likeness (QED) is 0.793. The van der Waals surface area contributed by atoms with Crippen molar-refractivity contribution in [1.82, 2.24) is 5.32 Å². The van der Waals surface area contributed by atoms with Gasteiger partial charge in [-0.1, -0.05) is 6.07 Å². The molecule has 0 radical (unpaired) electrons. The first kappa shape index (κ1) is 10.2. The van der Waals surface area contributed by atoms with E-state index in [2.05, 4.69) is 5.32 Å². The number of carbonyl (C=O) groups excluding carboxylic acids is 1. The van der Waals surface area contributed by atoms with Crippen LogP contribution in [0.3, 0.4) is 0 Å². The Morgan fingerprint density at radius 3 is 2.77 bits per heavy atom. The predicted octanol–water partition coefficient (Wildman–Crippen LogP) is 0.268. The lowest BCUT2D eigenvalue weighted by atomic mass is 10.7. The van der Waals surface area contributed by atoms with Crippen LogP contribution in [0.5, 0.6) is 0 Å².